The van der Waals surface area contributed by atoms with Gasteiger partial charge in [0.25, 0.3) is 0 Å². The highest BCUT2D eigenvalue weighted by Gasteiger charge is 2.06. The van der Waals surface area contributed by atoms with Crippen LogP contribution >= 0.6 is 0 Å². The molecule has 0 unspecified atom stereocenters. The van der Waals surface area contributed by atoms with Crippen LogP contribution in [0, 0.1) is 6.92 Å². The highest BCUT2D eigenvalue weighted by Crippen LogP contribution is 2.30. The Morgan fingerprint density at radius 2 is 1.74 bits per heavy atom. The number of nitrogens with one attached hydrogen (secondary N) is 1. The van der Waals surface area contributed by atoms with Crippen LogP contribution in [-0.4, -0.2) is 18.7 Å². The minimum atomic E-state index is 0.667. The average Bonchev–Trinajstić information content (AvgIpc) is 2.56. The normalized spacial score (nSPS) is 10.6. The summed E-state index contributed by atoms with van der Waals surface area (Å²) in [6.07, 6.45) is 0. The predicted molar refractivity (Wildman–Crippen MR) is 93.9 cm³/mol. The number of benzene rings is 2. The van der Waals surface area contributed by atoms with Crippen LogP contribution in [0.15, 0.2) is 48.5 Å². The largest absolute Gasteiger partial charge is 0.497 e. The van der Waals surface area contributed by atoms with Crippen molar-refractivity contribution in [3.8, 4) is 11.5 Å². The molecule has 1 heterocycles. The first-order chi connectivity index (χ1) is 11.2. The molecule has 23 heavy (non-hydrogen) atoms. The number of hydrogen-bond donors (Lipinski definition) is 1. The highest BCUT2D eigenvalue weighted by molar-refractivity contribution is 5.94. The van der Waals surface area contributed by atoms with Gasteiger partial charge in [0.1, 0.15) is 11.5 Å². The van der Waals surface area contributed by atoms with E-state index in [1.807, 2.05) is 62.4 Å². The monoisotopic (exact) mass is 308 g/mol. The molecule has 0 radical (unpaired) electrons. The summed E-state index contributed by atoms with van der Waals surface area (Å²) in [5.74, 6) is 1.69. The van der Waals surface area contributed by atoms with Crippen molar-refractivity contribution in [2.45, 2.75) is 13.8 Å². The minimum Gasteiger partial charge on any atom is -0.497 e. The van der Waals surface area contributed by atoms with Crippen molar-refractivity contribution in [2.24, 2.45) is 0 Å². The molecule has 1 aromatic heterocycles. The fourth-order valence-electron chi connectivity index (χ4n) is 2.52. The van der Waals surface area contributed by atoms with E-state index in [-0.39, 0.29) is 0 Å². The first-order valence-electron chi connectivity index (χ1n) is 7.65. The topological polar surface area (TPSA) is 43.4 Å². The van der Waals surface area contributed by atoms with Gasteiger partial charge in [-0.25, -0.2) is 0 Å². The number of aryl methyl sites for hydroxylation is 1. The molecule has 118 valence electrons. The van der Waals surface area contributed by atoms with Crippen molar-refractivity contribution in [1.29, 1.82) is 0 Å². The second-order valence-corrected chi connectivity index (χ2v) is 5.28. The van der Waals surface area contributed by atoms with Crippen molar-refractivity contribution < 1.29 is 9.47 Å². The van der Waals surface area contributed by atoms with Crippen molar-refractivity contribution >= 4 is 22.3 Å². The summed E-state index contributed by atoms with van der Waals surface area (Å²) in [5.41, 5.74) is 3.93. The Morgan fingerprint density at radius 1 is 1.00 bits per heavy atom. The lowest BCUT2D eigenvalue weighted by Gasteiger charge is -2.12. The second kappa shape index (κ2) is 6.57. The number of pyridine rings is 1. The molecular formula is C19H20N2O2. The molecule has 0 spiro atoms. The molecule has 3 rings (SSSR count). The number of aromatic nitrogens is 1. The Morgan fingerprint density at radius 3 is 2.43 bits per heavy atom. The lowest BCUT2D eigenvalue weighted by Crippen LogP contribution is -1.96. The number of methoxy groups -OCH3 is 1. The molecule has 3 aromatic rings. The maximum Gasteiger partial charge on any atom is 0.119 e. The van der Waals surface area contributed by atoms with E-state index in [2.05, 4.69) is 10.3 Å². The third-order valence-electron chi connectivity index (χ3n) is 3.59. The molecule has 0 aliphatic rings. The number of anilines is 2. The van der Waals surface area contributed by atoms with Crippen molar-refractivity contribution in [2.75, 3.05) is 19.0 Å². The Hall–Kier alpha value is -2.75. The van der Waals surface area contributed by atoms with E-state index in [0.717, 1.165) is 39.5 Å². The quantitative estimate of drug-likeness (QED) is 0.742. The van der Waals surface area contributed by atoms with Crippen LogP contribution < -0.4 is 14.8 Å². The number of rotatable bonds is 5. The Kier molecular flexibility index (Phi) is 4.33. The first-order valence-corrected chi connectivity index (χ1v) is 7.65. The fourth-order valence-corrected chi connectivity index (χ4v) is 2.52. The molecule has 0 bridgehead atoms. The minimum absolute atomic E-state index is 0.667. The van der Waals surface area contributed by atoms with Crippen LogP contribution in [0.3, 0.4) is 0 Å². The summed E-state index contributed by atoms with van der Waals surface area (Å²) in [5, 5.41) is 4.49. The molecule has 0 atom stereocenters. The molecule has 4 nitrogen and oxygen atoms in total. The smallest absolute Gasteiger partial charge is 0.119 e. The number of hydrogen-bond acceptors (Lipinski definition) is 4. The van der Waals surface area contributed by atoms with Crippen LogP contribution in [0.2, 0.25) is 0 Å². The van der Waals surface area contributed by atoms with Gasteiger partial charge in [-0.3, -0.25) is 4.98 Å². The van der Waals surface area contributed by atoms with E-state index in [9.17, 15) is 0 Å². The first kappa shape index (κ1) is 15.2. The van der Waals surface area contributed by atoms with E-state index >= 15 is 0 Å². The van der Waals surface area contributed by atoms with Gasteiger partial charge in [0, 0.05) is 22.5 Å². The Bertz CT molecular complexity index is 813. The van der Waals surface area contributed by atoms with Gasteiger partial charge in [-0.2, -0.15) is 0 Å². The molecule has 0 saturated heterocycles. The lowest BCUT2D eigenvalue weighted by atomic mass is 10.1. The van der Waals surface area contributed by atoms with E-state index in [0.29, 0.717) is 6.61 Å². The van der Waals surface area contributed by atoms with Gasteiger partial charge < -0.3 is 14.8 Å². The lowest BCUT2D eigenvalue weighted by molar-refractivity contribution is 0.340. The predicted octanol–water partition coefficient (Wildman–Crippen LogP) is 4.69. The van der Waals surface area contributed by atoms with Gasteiger partial charge in [0.2, 0.25) is 0 Å². The number of fused-ring (bicyclic) bond motifs is 1. The number of ether oxygens (including phenoxy) is 2. The SMILES string of the molecule is CCOc1ccc(Nc2cc(C)nc3ccc(OC)cc23)cc1. The van der Waals surface area contributed by atoms with Gasteiger partial charge in [-0.1, -0.05) is 0 Å². The standard InChI is InChI=1S/C19H20N2O2/c1-4-23-15-7-5-14(6-8-15)21-19-11-13(2)20-18-10-9-16(22-3)12-17(18)19/h5-12H,4H2,1-3H3,(H,20,21). The van der Waals surface area contributed by atoms with Crippen LogP contribution in [0.25, 0.3) is 10.9 Å². The molecule has 0 saturated carbocycles. The zero-order valence-corrected chi connectivity index (χ0v) is 13.6. The van der Waals surface area contributed by atoms with Gasteiger partial charge >= 0.3 is 0 Å². The van der Waals surface area contributed by atoms with Crippen molar-refractivity contribution in [3.05, 3.63) is 54.2 Å². The van der Waals surface area contributed by atoms with Crippen molar-refractivity contribution in [1.82, 2.24) is 4.98 Å². The summed E-state index contributed by atoms with van der Waals surface area (Å²) in [6, 6.07) is 15.9. The molecule has 0 amide bonds. The Labute approximate surface area is 136 Å². The fraction of sp³-hybridized carbons (Fsp3) is 0.211. The average molecular weight is 308 g/mol. The molecular weight excluding hydrogens is 288 g/mol. The summed E-state index contributed by atoms with van der Waals surface area (Å²) < 4.78 is 10.8. The van der Waals surface area contributed by atoms with Crippen molar-refractivity contribution in [3.63, 3.8) is 0 Å². The third kappa shape index (κ3) is 3.37. The van der Waals surface area contributed by atoms with E-state index < -0.39 is 0 Å². The van der Waals surface area contributed by atoms with E-state index in [1.165, 1.54) is 0 Å². The highest BCUT2D eigenvalue weighted by atomic mass is 16.5. The van der Waals surface area contributed by atoms with Gasteiger partial charge in [0.05, 0.1) is 19.2 Å². The third-order valence-corrected chi connectivity index (χ3v) is 3.59. The van der Waals surface area contributed by atoms with Crippen LogP contribution in [-0.2, 0) is 0 Å². The summed E-state index contributed by atoms with van der Waals surface area (Å²) >= 11 is 0. The zero-order chi connectivity index (χ0) is 16.2. The van der Waals surface area contributed by atoms with Crippen LogP contribution in [0.1, 0.15) is 12.6 Å². The van der Waals surface area contributed by atoms with Crippen LogP contribution in [0.5, 0.6) is 11.5 Å². The second-order valence-electron chi connectivity index (χ2n) is 5.28. The summed E-state index contributed by atoms with van der Waals surface area (Å²) in [4.78, 5) is 4.58. The maximum absolute atomic E-state index is 5.48. The Balaban J connectivity index is 1.97. The zero-order valence-electron chi connectivity index (χ0n) is 13.6. The van der Waals surface area contributed by atoms with Gasteiger partial charge in [-0.05, 0) is 62.4 Å². The summed E-state index contributed by atoms with van der Waals surface area (Å²) in [7, 11) is 1.67. The molecule has 0 aliphatic carbocycles. The van der Waals surface area contributed by atoms with E-state index in [4.69, 9.17) is 9.47 Å². The van der Waals surface area contributed by atoms with Gasteiger partial charge in [-0.15, -0.1) is 0 Å². The maximum atomic E-state index is 5.48. The van der Waals surface area contributed by atoms with Gasteiger partial charge in [0.15, 0.2) is 0 Å². The molecule has 0 aliphatic heterocycles. The molecule has 2 aromatic carbocycles. The summed E-state index contributed by atoms with van der Waals surface area (Å²) in [6.45, 7) is 4.64. The van der Waals surface area contributed by atoms with E-state index in [1.54, 1.807) is 7.11 Å². The molecule has 4 heteroatoms. The molecule has 1 N–H and O–H groups in total. The number of nitrogens with zero attached hydrogens (tertiary/aromatic N) is 1. The molecule has 0 fully saturated rings. The van der Waals surface area contributed by atoms with Crippen LogP contribution in [0.4, 0.5) is 11.4 Å².